The molecule has 1 saturated carbocycles. The third-order valence-electron chi connectivity index (χ3n) is 6.56. The summed E-state index contributed by atoms with van der Waals surface area (Å²) in [6.07, 6.45) is 1.98. The molecule has 3 rings (SSSR count). The molecule has 0 spiro atoms. The highest BCUT2D eigenvalue weighted by atomic mass is 16.6. The molecular weight excluding hydrogens is 466 g/mol. The molecule has 2 aromatic carbocycles. The minimum absolute atomic E-state index is 0.0806. The summed E-state index contributed by atoms with van der Waals surface area (Å²) in [5.74, 6) is -0.715. The predicted octanol–water partition coefficient (Wildman–Crippen LogP) is 5.28. The molecular formula is C30H41N3O4. The number of nitrogens with one attached hydrogen (secondary N) is 2. The molecule has 3 amide bonds. The van der Waals surface area contributed by atoms with Crippen molar-refractivity contribution in [2.75, 3.05) is 0 Å². The minimum Gasteiger partial charge on any atom is -0.444 e. The van der Waals surface area contributed by atoms with E-state index in [0.29, 0.717) is 6.54 Å². The number of alkyl carbamates (subject to hydrolysis) is 1. The fraction of sp³-hybridized carbons (Fsp3) is 0.500. The molecule has 0 aliphatic heterocycles. The van der Waals surface area contributed by atoms with Gasteiger partial charge in [0.1, 0.15) is 17.7 Å². The highest BCUT2D eigenvalue weighted by Gasteiger charge is 2.42. The van der Waals surface area contributed by atoms with Gasteiger partial charge in [-0.05, 0) is 64.0 Å². The van der Waals surface area contributed by atoms with Crippen molar-refractivity contribution in [3.63, 3.8) is 0 Å². The van der Waals surface area contributed by atoms with Gasteiger partial charge < -0.3 is 20.3 Å². The van der Waals surface area contributed by atoms with Gasteiger partial charge in [-0.25, -0.2) is 4.79 Å². The monoisotopic (exact) mass is 507 g/mol. The Morgan fingerprint density at radius 2 is 1.62 bits per heavy atom. The standard InChI is InChI=1S/C30H41N3O4/c1-20(2)25(32-29(36)37-30(4,5)6)28(35)33(24-13-10-14-24)26(23-17-15-21(3)16-18-23)27(34)31-19-22-11-8-7-9-12-22/h7-9,11-12,15-18,20,24-26H,10,13-14,19H2,1-6H3,(H,31,34)(H,32,36). The van der Waals surface area contributed by atoms with Gasteiger partial charge in [-0.15, -0.1) is 0 Å². The minimum atomic E-state index is -0.828. The fourth-order valence-corrected chi connectivity index (χ4v) is 4.36. The van der Waals surface area contributed by atoms with Crippen LogP contribution in [0.25, 0.3) is 0 Å². The topological polar surface area (TPSA) is 87.7 Å². The second-order valence-corrected chi connectivity index (χ2v) is 11.2. The maximum absolute atomic E-state index is 14.2. The number of carbonyl (C=O) groups is 3. The first-order valence-electron chi connectivity index (χ1n) is 13.2. The van der Waals surface area contributed by atoms with E-state index in [2.05, 4.69) is 10.6 Å². The first kappa shape index (κ1) is 28.2. The van der Waals surface area contributed by atoms with Gasteiger partial charge in [0.2, 0.25) is 11.8 Å². The molecule has 0 saturated heterocycles. The highest BCUT2D eigenvalue weighted by molar-refractivity contribution is 5.92. The number of nitrogens with zero attached hydrogens (tertiary/aromatic N) is 1. The lowest BCUT2D eigenvalue weighted by atomic mass is 9.87. The summed E-state index contributed by atoms with van der Waals surface area (Å²) in [7, 11) is 0. The molecule has 200 valence electrons. The summed E-state index contributed by atoms with van der Waals surface area (Å²) in [5, 5.41) is 5.83. The molecule has 1 aliphatic rings. The third kappa shape index (κ3) is 7.81. The van der Waals surface area contributed by atoms with Crippen LogP contribution >= 0.6 is 0 Å². The van der Waals surface area contributed by atoms with Crippen LogP contribution < -0.4 is 10.6 Å². The van der Waals surface area contributed by atoms with Crippen molar-refractivity contribution < 1.29 is 19.1 Å². The van der Waals surface area contributed by atoms with Crippen LogP contribution in [-0.4, -0.2) is 40.5 Å². The summed E-state index contributed by atoms with van der Waals surface area (Å²) in [6, 6.07) is 15.7. The van der Waals surface area contributed by atoms with E-state index in [0.717, 1.165) is 36.0 Å². The normalized spacial score (nSPS) is 15.3. The average molecular weight is 508 g/mol. The summed E-state index contributed by atoms with van der Waals surface area (Å²) < 4.78 is 5.44. The van der Waals surface area contributed by atoms with Gasteiger partial charge in [0.05, 0.1) is 0 Å². The Hall–Kier alpha value is -3.35. The average Bonchev–Trinajstić information content (AvgIpc) is 2.79. The Labute approximate surface area is 221 Å². The van der Waals surface area contributed by atoms with Crippen molar-refractivity contribution >= 4 is 17.9 Å². The first-order valence-corrected chi connectivity index (χ1v) is 13.2. The number of aryl methyl sites for hydroxylation is 1. The van der Waals surface area contributed by atoms with Crippen LogP contribution in [-0.2, 0) is 20.9 Å². The zero-order valence-electron chi connectivity index (χ0n) is 22.9. The van der Waals surface area contributed by atoms with Gasteiger partial charge in [0.15, 0.2) is 0 Å². The van der Waals surface area contributed by atoms with Crippen LogP contribution in [0, 0.1) is 12.8 Å². The quantitative estimate of drug-likeness (QED) is 0.483. The summed E-state index contributed by atoms with van der Waals surface area (Å²) in [4.78, 5) is 42.3. The second kappa shape index (κ2) is 12.3. The second-order valence-electron chi connectivity index (χ2n) is 11.2. The summed E-state index contributed by atoms with van der Waals surface area (Å²) in [5.41, 5.74) is 2.10. The van der Waals surface area contributed by atoms with Crippen molar-refractivity contribution in [2.45, 2.75) is 91.1 Å². The van der Waals surface area contributed by atoms with E-state index >= 15 is 0 Å². The zero-order valence-corrected chi connectivity index (χ0v) is 22.9. The van der Waals surface area contributed by atoms with Crippen molar-refractivity contribution in [1.29, 1.82) is 0 Å². The van der Waals surface area contributed by atoms with Crippen LogP contribution in [0.2, 0.25) is 0 Å². The molecule has 0 heterocycles. The molecule has 0 radical (unpaired) electrons. The summed E-state index contributed by atoms with van der Waals surface area (Å²) >= 11 is 0. The van der Waals surface area contributed by atoms with Gasteiger partial charge in [-0.3, -0.25) is 9.59 Å². The number of rotatable bonds is 9. The zero-order chi connectivity index (χ0) is 27.2. The molecule has 2 N–H and O–H groups in total. The van der Waals surface area contributed by atoms with Gasteiger partial charge in [-0.1, -0.05) is 74.0 Å². The van der Waals surface area contributed by atoms with Gasteiger partial charge in [0, 0.05) is 12.6 Å². The van der Waals surface area contributed by atoms with E-state index in [1.807, 2.05) is 75.4 Å². The fourth-order valence-electron chi connectivity index (χ4n) is 4.36. The number of hydrogen-bond acceptors (Lipinski definition) is 4. The van der Waals surface area contributed by atoms with Crippen molar-refractivity contribution in [3.05, 3.63) is 71.3 Å². The molecule has 7 nitrogen and oxygen atoms in total. The number of ether oxygens (including phenoxy) is 1. The lowest BCUT2D eigenvalue weighted by Crippen LogP contribution is -2.58. The van der Waals surface area contributed by atoms with Gasteiger partial charge >= 0.3 is 6.09 Å². The third-order valence-corrected chi connectivity index (χ3v) is 6.56. The smallest absolute Gasteiger partial charge is 0.408 e. The highest BCUT2D eigenvalue weighted by Crippen LogP contribution is 2.34. The largest absolute Gasteiger partial charge is 0.444 e. The Morgan fingerprint density at radius 1 is 1.00 bits per heavy atom. The van der Waals surface area contributed by atoms with Crippen LogP contribution in [0.5, 0.6) is 0 Å². The van der Waals surface area contributed by atoms with E-state index < -0.39 is 23.8 Å². The summed E-state index contributed by atoms with van der Waals surface area (Å²) in [6.45, 7) is 11.5. The van der Waals surface area contributed by atoms with E-state index in [1.54, 1.807) is 25.7 Å². The van der Waals surface area contributed by atoms with E-state index in [1.165, 1.54) is 0 Å². The van der Waals surface area contributed by atoms with Crippen molar-refractivity contribution in [2.24, 2.45) is 5.92 Å². The van der Waals surface area contributed by atoms with Crippen LogP contribution in [0.4, 0.5) is 4.79 Å². The van der Waals surface area contributed by atoms with Gasteiger partial charge in [-0.2, -0.15) is 0 Å². The number of amides is 3. The molecule has 0 bridgehead atoms. The van der Waals surface area contributed by atoms with Crippen molar-refractivity contribution in [1.82, 2.24) is 15.5 Å². The maximum Gasteiger partial charge on any atom is 0.408 e. The molecule has 1 fully saturated rings. The molecule has 2 unspecified atom stereocenters. The molecule has 2 atom stereocenters. The van der Waals surface area contributed by atoms with E-state index in [9.17, 15) is 14.4 Å². The Morgan fingerprint density at radius 3 is 2.14 bits per heavy atom. The molecule has 7 heteroatoms. The van der Waals surface area contributed by atoms with Crippen LogP contribution in [0.15, 0.2) is 54.6 Å². The Kier molecular flexibility index (Phi) is 9.35. The SMILES string of the molecule is Cc1ccc(C(C(=O)NCc2ccccc2)N(C(=O)C(NC(=O)OC(C)(C)C)C(C)C)C2CCC2)cc1. The molecule has 1 aliphatic carbocycles. The lowest BCUT2D eigenvalue weighted by molar-refractivity contribution is -0.148. The van der Waals surface area contributed by atoms with Crippen LogP contribution in [0.3, 0.4) is 0 Å². The number of benzene rings is 2. The predicted molar refractivity (Wildman–Crippen MR) is 145 cm³/mol. The van der Waals surface area contributed by atoms with E-state index in [4.69, 9.17) is 4.74 Å². The van der Waals surface area contributed by atoms with Crippen molar-refractivity contribution in [3.8, 4) is 0 Å². The Bertz CT molecular complexity index is 1060. The molecule has 0 aromatic heterocycles. The molecule has 2 aromatic rings. The van der Waals surface area contributed by atoms with E-state index in [-0.39, 0.29) is 23.8 Å². The Balaban J connectivity index is 1.94. The van der Waals surface area contributed by atoms with Gasteiger partial charge in [0.25, 0.3) is 0 Å². The van der Waals surface area contributed by atoms with Crippen LogP contribution in [0.1, 0.15) is 76.6 Å². The lowest BCUT2D eigenvalue weighted by Gasteiger charge is -2.44. The molecule has 37 heavy (non-hydrogen) atoms. The number of carbonyl (C=O) groups excluding carboxylic acids is 3. The maximum atomic E-state index is 14.2. The first-order chi connectivity index (χ1) is 17.5. The number of hydrogen-bond donors (Lipinski definition) is 2.